The Morgan fingerprint density at radius 2 is 1.96 bits per heavy atom. The summed E-state index contributed by atoms with van der Waals surface area (Å²) in [5.74, 6) is 1.08. The standard InChI is InChI=1S/C19H21N3O3/c1-4-21(13-15-12-20-18-7-5-6-10-22(15)18)19(23)14-8-9-16(24-2)17(11-14)25-3/h5-12H,4,13H2,1-3H3. The van der Waals surface area contributed by atoms with Gasteiger partial charge in [0.2, 0.25) is 0 Å². The van der Waals surface area contributed by atoms with E-state index < -0.39 is 0 Å². The predicted octanol–water partition coefficient (Wildman–Crippen LogP) is 3.01. The molecule has 1 amide bonds. The zero-order valence-electron chi connectivity index (χ0n) is 14.6. The van der Waals surface area contributed by atoms with Crippen molar-refractivity contribution in [3.05, 3.63) is 60.0 Å². The third-order valence-corrected chi connectivity index (χ3v) is 4.15. The zero-order chi connectivity index (χ0) is 17.8. The van der Waals surface area contributed by atoms with Gasteiger partial charge in [-0.25, -0.2) is 4.98 Å². The maximum atomic E-state index is 12.9. The summed E-state index contributed by atoms with van der Waals surface area (Å²) < 4.78 is 12.5. The molecule has 6 heteroatoms. The summed E-state index contributed by atoms with van der Waals surface area (Å²) in [5, 5.41) is 0. The minimum Gasteiger partial charge on any atom is -0.493 e. The summed E-state index contributed by atoms with van der Waals surface area (Å²) in [7, 11) is 3.13. The fraction of sp³-hybridized carbons (Fsp3) is 0.263. The molecule has 0 aliphatic carbocycles. The van der Waals surface area contributed by atoms with E-state index in [9.17, 15) is 4.79 Å². The molecule has 0 radical (unpaired) electrons. The van der Waals surface area contributed by atoms with Crippen LogP contribution in [-0.4, -0.2) is 41.0 Å². The highest BCUT2D eigenvalue weighted by molar-refractivity contribution is 5.94. The average Bonchev–Trinajstić information content (AvgIpc) is 3.07. The quantitative estimate of drug-likeness (QED) is 0.693. The van der Waals surface area contributed by atoms with Gasteiger partial charge in [0, 0.05) is 18.3 Å². The van der Waals surface area contributed by atoms with Gasteiger partial charge in [-0.15, -0.1) is 0 Å². The minimum absolute atomic E-state index is 0.0608. The average molecular weight is 339 g/mol. The van der Waals surface area contributed by atoms with E-state index in [-0.39, 0.29) is 5.91 Å². The molecular weight excluding hydrogens is 318 g/mol. The van der Waals surface area contributed by atoms with Crippen LogP contribution in [0.15, 0.2) is 48.8 Å². The smallest absolute Gasteiger partial charge is 0.254 e. The fourth-order valence-electron chi connectivity index (χ4n) is 2.78. The number of methoxy groups -OCH3 is 2. The summed E-state index contributed by atoms with van der Waals surface area (Å²) in [6, 6.07) is 11.0. The number of pyridine rings is 1. The number of rotatable bonds is 6. The van der Waals surface area contributed by atoms with E-state index in [4.69, 9.17) is 9.47 Å². The summed E-state index contributed by atoms with van der Waals surface area (Å²) in [5.41, 5.74) is 2.40. The van der Waals surface area contributed by atoms with Crippen molar-refractivity contribution in [1.29, 1.82) is 0 Å². The second-order valence-electron chi connectivity index (χ2n) is 5.57. The summed E-state index contributed by atoms with van der Waals surface area (Å²) in [6.07, 6.45) is 3.76. The van der Waals surface area contributed by atoms with E-state index in [1.54, 1.807) is 43.5 Å². The van der Waals surface area contributed by atoms with Gasteiger partial charge < -0.3 is 18.8 Å². The van der Waals surface area contributed by atoms with Gasteiger partial charge in [-0.05, 0) is 37.3 Å². The first-order valence-electron chi connectivity index (χ1n) is 8.10. The molecule has 25 heavy (non-hydrogen) atoms. The molecule has 6 nitrogen and oxygen atoms in total. The Kier molecular flexibility index (Phi) is 4.88. The van der Waals surface area contributed by atoms with Crippen LogP contribution in [0.4, 0.5) is 0 Å². The molecule has 0 fully saturated rings. The van der Waals surface area contributed by atoms with Crippen molar-refractivity contribution in [2.75, 3.05) is 20.8 Å². The molecule has 1 aromatic carbocycles. The lowest BCUT2D eigenvalue weighted by Gasteiger charge is -2.21. The lowest BCUT2D eigenvalue weighted by Crippen LogP contribution is -2.30. The van der Waals surface area contributed by atoms with Gasteiger partial charge in [0.1, 0.15) is 5.65 Å². The van der Waals surface area contributed by atoms with Crippen LogP contribution in [0, 0.1) is 0 Å². The summed E-state index contributed by atoms with van der Waals surface area (Å²) in [4.78, 5) is 19.1. The number of nitrogens with zero attached hydrogens (tertiary/aromatic N) is 3. The Balaban J connectivity index is 1.86. The van der Waals surface area contributed by atoms with Crippen LogP contribution in [0.25, 0.3) is 5.65 Å². The molecule has 0 aliphatic rings. The van der Waals surface area contributed by atoms with E-state index in [0.717, 1.165) is 11.3 Å². The van der Waals surface area contributed by atoms with Crippen molar-refractivity contribution in [1.82, 2.24) is 14.3 Å². The monoisotopic (exact) mass is 339 g/mol. The number of benzene rings is 1. The number of carbonyl (C=O) groups excluding carboxylic acids is 1. The highest BCUT2D eigenvalue weighted by atomic mass is 16.5. The lowest BCUT2D eigenvalue weighted by atomic mass is 10.1. The molecule has 2 aromatic heterocycles. The molecule has 0 unspecified atom stereocenters. The van der Waals surface area contributed by atoms with E-state index in [0.29, 0.717) is 30.2 Å². The van der Waals surface area contributed by atoms with E-state index in [1.807, 2.05) is 35.7 Å². The molecule has 2 heterocycles. The minimum atomic E-state index is -0.0608. The number of aromatic nitrogens is 2. The van der Waals surface area contributed by atoms with Crippen LogP contribution in [0.2, 0.25) is 0 Å². The number of fused-ring (bicyclic) bond motifs is 1. The molecule has 3 aromatic rings. The van der Waals surface area contributed by atoms with Crippen molar-refractivity contribution in [3.8, 4) is 11.5 Å². The highest BCUT2D eigenvalue weighted by Gasteiger charge is 2.18. The van der Waals surface area contributed by atoms with Crippen LogP contribution < -0.4 is 9.47 Å². The van der Waals surface area contributed by atoms with Gasteiger partial charge in [0.15, 0.2) is 11.5 Å². The lowest BCUT2D eigenvalue weighted by molar-refractivity contribution is 0.0750. The number of hydrogen-bond donors (Lipinski definition) is 0. The second-order valence-corrected chi connectivity index (χ2v) is 5.57. The Morgan fingerprint density at radius 3 is 2.68 bits per heavy atom. The largest absolute Gasteiger partial charge is 0.493 e. The van der Waals surface area contributed by atoms with E-state index >= 15 is 0 Å². The fourth-order valence-corrected chi connectivity index (χ4v) is 2.78. The zero-order valence-corrected chi connectivity index (χ0v) is 14.6. The van der Waals surface area contributed by atoms with Crippen LogP contribution in [0.3, 0.4) is 0 Å². The maximum absolute atomic E-state index is 12.9. The van der Waals surface area contributed by atoms with E-state index in [1.165, 1.54) is 0 Å². The van der Waals surface area contributed by atoms with Gasteiger partial charge in [-0.3, -0.25) is 4.79 Å². The molecule has 0 bridgehead atoms. The van der Waals surface area contributed by atoms with Gasteiger partial charge in [-0.1, -0.05) is 6.07 Å². The molecule has 0 saturated heterocycles. The Morgan fingerprint density at radius 1 is 1.16 bits per heavy atom. The molecule has 3 rings (SSSR count). The summed E-state index contributed by atoms with van der Waals surface area (Å²) >= 11 is 0. The summed E-state index contributed by atoms with van der Waals surface area (Å²) in [6.45, 7) is 3.03. The third kappa shape index (κ3) is 3.28. The first-order valence-corrected chi connectivity index (χ1v) is 8.10. The van der Waals surface area contributed by atoms with E-state index in [2.05, 4.69) is 4.98 Å². The number of hydrogen-bond acceptors (Lipinski definition) is 4. The predicted molar refractivity (Wildman–Crippen MR) is 95.2 cm³/mol. The van der Waals surface area contributed by atoms with Gasteiger partial charge >= 0.3 is 0 Å². The van der Waals surface area contributed by atoms with Crippen LogP contribution >= 0.6 is 0 Å². The SMILES string of the molecule is CCN(Cc1cnc2ccccn12)C(=O)c1ccc(OC)c(OC)c1. The maximum Gasteiger partial charge on any atom is 0.254 e. The molecule has 0 atom stereocenters. The second kappa shape index (κ2) is 7.25. The number of carbonyl (C=O) groups is 1. The van der Waals surface area contributed by atoms with Crippen LogP contribution in [0.5, 0.6) is 11.5 Å². The number of ether oxygens (including phenoxy) is 2. The van der Waals surface area contributed by atoms with Gasteiger partial charge in [-0.2, -0.15) is 0 Å². The third-order valence-electron chi connectivity index (χ3n) is 4.15. The number of amides is 1. The van der Waals surface area contributed by atoms with Crippen molar-refractivity contribution in [2.45, 2.75) is 13.5 Å². The van der Waals surface area contributed by atoms with Crippen molar-refractivity contribution < 1.29 is 14.3 Å². The normalized spacial score (nSPS) is 10.7. The van der Waals surface area contributed by atoms with Crippen LogP contribution in [0.1, 0.15) is 23.0 Å². The first kappa shape index (κ1) is 16.8. The Labute approximate surface area is 146 Å². The van der Waals surface area contributed by atoms with Gasteiger partial charge in [0.25, 0.3) is 5.91 Å². The van der Waals surface area contributed by atoms with Crippen molar-refractivity contribution in [2.24, 2.45) is 0 Å². The van der Waals surface area contributed by atoms with Gasteiger partial charge in [0.05, 0.1) is 32.7 Å². The highest BCUT2D eigenvalue weighted by Crippen LogP contribution is 2.28. The molecular formula is C19H21N3O3. The molecule has 130 valence electrons. The topological polar surface area (TPSA) is 56.1 Å². The molecule has 0 aliphatic heterocycles. The van der Waals surface area contributed by atoms with Crippen molar-refractivity contribution >= 4 is 11.6 Å². The molecule has 0 spiro atoms. The first-order chi connectivity index (χ1) is 12.2. The molecule has 0 saturated carbocycles. The molecule has 0 N–H and O–H groups in total. The number of imidazole rings is 1. The Hall–Kier alpha value is -3.02. The Bertz CT molecular complexity index is 889. The van der Waals surface area contributed by atoms with Crippen molar-refractivity contribution in [3.63, 3.8) is 0 Å². The van der Waals surface area contributed by atoms with Crippen LogP contribution in [-0.2, 0) is 6.54 Å².